The van der Waals surface area contributed by atoms with Crippen LogP contribution in [0.1, 0.15) is 38.5 Å². The fourth-order valence-electron chi connectivity index (χ4n) is 4.86. The number of amides is 2. The van der Waals surface area contributed by atoms with E-state index in [2.05, 4.69) is 15.2 Å². The van der Waals surface area contributed by atoms with E-state index in [0.29, 0.717) is 17.9 Å². The van der Waals surface area contributed by atoms with Crippen molar-refractivity contribution in [2.24, 2.45) is 11.8 Å². The number of nitrogens with one attached hydrogen (secondary N) is 1. The molecule has 9 nitrogen and oxygen atoms in total. The fourth-order valence-corrected chi connectivity index (χ4v) is 4.86. The van der Waals surface area contributed by atoms with E-state index < -0.39 is 5.82 Å². The molecule has 0 aromatic heterocycles. The van der Waals surface area contributed by atoms with Gasteiger partial charge in [-0.25, -0.2) is 9.40 Å². The number of carbonyl (C=O) groups is 2. The summed E-state index contributed by atoms with van der Waals surface area (Å²) in [5.74, 6) is 5.89. The molecule has 10 heteroatoms. The van der Waals surface area contributed by atoms with Crippen LogP contribution in [0.3, 0.4) is 0 Å². The van der Waals surface area contributed by atoms with Crippen LogP contribution in [0.15, 0.2) is 12.1 Å². The van der Waals surface area contributed by atoms with Gasteiger partial charge in [-0.2, -0.15) is 5.01 Å². The molecule has 0 bridgehead atoms. The Kier molecular flexibility index (Phi) is 7.67. The second-order valence-electron chi connectivity index (χ2n) is 9.19. The van der Waals surface area contributed by atoms with Crippen molar-refractivity contribution in [1.29, 1.82) is 0 Å². The Labute approximate surface area is 194 Å². The van der Waals surface area contributed by atoms with Gasteiger partial charge in [-0.05, 0) is 38.1 Å². The lowest BCUT2D eigenvalue weighted by molar-refractivity contribution is -0.146. The maximum atomic E-state index is 14.9. The molecular weight excluding hydrogens is 427 g/mol. The molecule has 33 heavy (non-hydrogen) atoms. The van der Waals surface area contributed by atoms with Crippen LogP contribution >= 0.6 is 0 Å². The van der Waals surface area contributed by atoms with Crippen LogP contribution in [-0.4, -0.2) is 79.7 Å². The highest BCUT2D eigenvalue weighted by Crippen LogP contribution is 2.35. The van der Waals surface area contributed by atoms with Crippen molar-refractivity contribution in [3.63, 3.8) is 0 Å². The van der Waals surface area contributed by atoms with Crippen LogP contribution in [0.5, 0.6) is 5.75 Å². The minimum Gasteiger partial charge on any atom is -0.495 e. The maximum absolute atomic E-state index is 14.9. The molecule has 3 saturated heterocycles. The van der Waals surface area contributed by atoms with Crippen molar-refractivity contribution >= 4 is 23.2 Å². The maximum Gasteiger partial charge on any atom is 0.248 e. The average Bonchev–Trinajstić information content (AvgIpc) is 2.82. The molecular formula is C23H35FN6O3. The van der Waals surface area contributed by atoms with Gasteiger partial charge in [0.2, 0.25) is 11.8 Å². The number of benzene rings is 1. The van der Waals surface area contributed by atoms with E-state index >= 15 is 0 Å². The molecule has 0 aliphatic carbocycles. The number of piperidine rings is 2. The number of carbonyl (C=O) groups excluding carboxylic acids is 2. The third kappa shape index (κ3) is 5.74. The Bertz CT molecular complexity index is 837. The largest absolute Gasteiger partial charge is 0.495 e. The van der Waals surface area contributed by atoms with Gasteiger partial charge in [-0.15, -0.1) is 0 Å². The topological polar surface area (TPSA) is 94.4 Å². The Morgan fingerprint density at radius 2 is 1.73 bits per heavy atom. The lowest BCUT2D eigenvalue weighted by Gasteiger charge is -2.38. The van der Waals surface area contributed by atoms with Gasteiger partial charge in [0.05, 0.1) is 18.5 Å². The molecule has 3 aliphatic heterocycles. The zero-order valence-electron chi connectivity index (χ0n) is 19.4. The first kappa shape index (κ1) is 23.7. The lowest BCUT2D eigenvalue weighted by Crippen LogP contribution is -2.47. The van der Waals surface area contributed by atoms with Crippen molar-refractivity contribution in [2.75, 3.05) is 63.2 Å². The van der Waals surface area contributed by atoms with Gasteiger partial charge in [0.15, 0.2) is 0 Å². The van der Waals surface area contributed by atoms with Gasteiger partial charge >= 0.3 is 0 Å². The van der Waals surface area contributed by atoms with Gasteiger partial charge < -0.3 is 9.64 Å². The minimum absolute atomic E-state index is 0.0568. The third-order valence-corrected chi connectivity index (χ3v) is 7.00. The van der Waals surface area contributed by atoms with Crippen LogP contribution in [0.2, 0.25) is 0 Å². The number of halogens is 1. The molecule has 3 fully saturated rings. The normalized spacial score (nSPS) is 21.5. The van der Waals surface area contributed by atoms with E-state index in [1.54, 1.807) is 7.11 Å². The first-order valence-electron chi connectivity index (χ1n) is 11.9. The Balaban J connectivity index is 1.34. The van der Waals surface area contributed by atoms with Crippen LogP contribution in [0.4, 0.5) is 15.8 Å². The summed E-state index contributed by atoms with van der Waals surface area (Å²) in [6.07, 6.45) is 4.60. The van der Waals surface area contributed by atoms with Gasteiger partial charge in [-0.3, -0.25) is 25.8 Å². The lowest BCUT2D eigenvalue weighted by atomic mass is 9.94. The third-order valence-electron chi connectivity index (χ3n) is 7.00. The summed E-state index contributed by atoms with van der Waals surface area (Å²) >= 11 is 0. The summed E-state index contributed by atoms with van der Waals surface area (Å²) in [7, 11) is 1.54. The van der Waals surface area contributed by atoms with E-state index in [0.717, 1.165) is 56.7 Å². The number of nitrogens with zero attached hydrogens (tertiary/aromatic N) is 4. The first-order valence-corrected chi connectivity index (χ1v) is 11.9. The second-order valence-corrected chi connectivity index (χ2v) is 9.19. The molecule has 182 valence electrons. The number of hydrogen-bond donors (Lipinski definition) is 2. The second kappa shape index (κ2) is 10.7. The smallest absolute Gasteiger partial charge is 0.248 e. The number of anilines is 2. The van der Waals surface area contributed by atoms with E-state index in [4.69, 9.17) is 10.6 Å². The number of imide groups is 1. The monoisotopic (exact) mass is 462 g/mol. The summed E-state index contributed by atoms with van der Waals surface area (Å²) in [5, 5.41) is 2.82. The zero-order valence-corrected chi connectivity index (χ0v) is 19.4. The minimum atomic E-state index is -0.523. The van der Waals surface area contributed by atoms with Crippen molar-refractivity contribution in [3.8, 4) is 5.75 Å². The van der Waals surface area contributed by atoms with Crippen LogP contribution < -0.4 is 20.9 Å². The van der Waals surface area contributed by atoms with E-state index in [-0.39, 0.29) is 30.3 Å². The van der Waals surface area contributed by atoms with Gasteiger partial charge in [-0.1, -0.05) is 0 Å². The molecule has 1 aromatic carbocycles. The SMILES string of the molecule is COc1cc(NN2C(=O)CCCC2=O)c(F)cc1N1CCN(CCC2CCN(N)CC2)CC1. The molecule has 1 aromatic rings. The molecule has 2 amide bonds. The molecule has 0 unspecified atom stereocenters. The highest BCUT2D eigenvalue weighted by molar-refractivity contribution is 5.98. The molecule has 3 aliphatic rings. The highest BCUT2D eigenvalue weighted by Gasteiger charge is 2.28. The van der Waals surface area contributed by atoms with Crippen LogP contribution in [0, 0.1) is 11.7 Å². The predicted molar refractivity (Wildman–Crippen MR) is 124 cm³/mol. The Hall–Kier alpha value is -2.43. The predicted octanol–water partition coefficient (Wildman–Crippen LogP) is 1.80. The fraction of sp³-hybridized carbons (Fsp3) is 0.652. The number of hydrazine groups is 2. The average molecular weight is 463 g/mol. The van der Waals surface area contributed by atoms with Gasteiger partial charge in [0.25, 0.3) is 0 Å². The van der Waals surface area contributed by atoms with Crippen molar-refractivity contribution in [2.45, 2.75) is 38.5 Å². The summed E-state index contributed by atoms with van der Waals surface area (Å²) in [6, 6.07) is 2.95. The Morgan fingerprint density at radius 1 is 1.06 bits per heavy atom. The summed E-state index contributed by atoms with van der Waals surface area (Å²) in [5.41, 5.74) is 3.40. The van der Waals surface area contributed by atoms with E-state index in [9.17, 15) is 14.0 Å². The first-order chi connectivity index (χ1) is 15.9. The quantitative estimate of drug-likeness (QED) is 0.468. The standard InChI is InChI=1S/C23H35FN6O3/c1-33-21-16-19(26-30-22(31)3-2-4-23(30)32)18(24)15-20(21)28-13-11-27(12-14-28)8-5-17-6-9-29(25)10-7-17/h15-17,26H,2-14,25H2,1H3. The molecule has 0 saturated carbocycles. The van der Waals surface area contributed by atoms with Crippen molar-refractivity contribution in [3.05, 3.63) is 17.9 Å². The number of rotatable bonds is 7. The summed E-state index contributed by atoms with van der Waals surface area (Å²) < 4.78 is 20.5. The molecule has 4 rings (SSSR count). The summed E-state index contributed by atoms with van der Waals surface area (Å²) in [4.78, 5) is 28.7. The van der Waals surface area contributed by atoms with Gasteiger partial charge in [0.1, 0.15) is 11.6 Å². The van der Waals surface area contributed by atoms with E-state index in [1.807, 2.05) is 5.01 Å². The molecule has 0 radical (unpaired) electrons. The molecule has 0 atom stereocenters. The van der Waals surface area contributed by atoms with Gasteiger partial charge in [0, 0.05) is 64.2 Å². The van der Waals surface area contributed by atoms with Crippen LogP contribution in [0.25, 0.3) is 0 Å². The molecule has 0 spiro atoms. The highest BCUT2D eigenvalue weighted by atomic mass is 19.1. The van der Waals surface area contributed by atoms with Crippen LogP contribution in [-0.2, 0) is 9.59 Å². The number of piperazine rings is 1. The number of ether oxygens (including phenoxy) is 1. The molecule has 3 heterocycles. The summed E-state index contributed by atoms with van der Waals surface area (Å²) in [6.45, 7) is 6.44. The molecule has 3 N–H and O–H groups in total. The van der Waals surface area contributed by atoms with E-state index in [1.165, 1.54) is 31.4 Å². The Morgan fingerprint density at radius 3 is 2.36 bits per heavy atom. The van der Waals surface area contributed by atoms with Crippen molar-refractivity contribution < 1.29 is 18.7 Å². The van der Waals surface area contributed by atoms with Crippen molar-refractivity contribution in [1.82, 2.24) is 14.9 Å². The number of hydrogen-bond acceptors (Lipinski definition) is 8. The number of nitrogens with two attached hydrogens (primary N) is 1. The zero-order chi connectivity index (χ0) is 23.4. The number of methoxy groups -OCH3 is 1.